The SMILES string of the molecule is c1ccc2cc(-c3nc(-n4c5ccccc5c5c6c7ccccc7sc6c6ccccc6c54)c4sc5ccccc5c4n3)ccc2c1. The molecule has 0 N–H and O–H groups in total. The molecule has 47 heavy (non-hydrogen) atoms. The minimum absolute atomic E-state index is 0.735. The average Bonchev–Trinajstić information content (AvgIpc) is 3.81. The molecule has 0 amide bonds. The molecule has 0 saturated carbocycles. The van der Waals surface area contributed by atoms with E-state index in [4.69, 9.17) is 9.97 Å². The second-order valence-electron chi connectivity index (χ2n) is 12.1. The summed E-state index contributed by atoms with van der Waals surface area (Å²) in [5.41, 5.74) is 4.35. The summed E-state index contributed by atoms with van der Waals surface area (Å²) in [6, 6.07) is 50.2. The van der Waals surface area contributed by atoms with Crippen LogP contribution < -0.4 is 0 Å². The van der Waals surface area contributed by atoms with Crippen LogP contribution in [0.15, 0.2) is 140 Å². The lowest BCUT2D eigenvalue weighted by Gasteiger charge is -2.13. The van der Waals surface area contributed by atoms with E-state index < -0.39 is 0 Å². The van der Waals surface area contributed by atoms with Gasteiger partial charge in [-0.25, -0.2) is 9.97 Å². The monoisotopic (exact) mass is 633 g/mol. The van der Waals surface area contributed by atoms with Gasteiger partial charge in [0.15, 0.2) is 11.6 Å². The molecule has 0 aliphatic carbocycles. The third-order valence-corrected chi connectivity index (χ3v) is 11.9. The highest BCUT2D eigenvalue weighted by molar-refractivity contribution is 7.27. The van der Waals surface area contributed by atoms with Gasteiger partial charge >= 0.3 is 0 Å². The Bertz CT molecular complexity index is 3090. The zero-order valence-electron chi connectivity index (χ0n) is 24.9. The van der Waals surface area contributed by atoms with Crippen LogP contribution in [0.5, 0.6) is 0 Å². The maximum atomic E-state index is 5.52. The zero-order valence-corrected chi connectivity index (χ0v) is 26.6. The Morgan fingerprint density at radius 2 is 1.11 bits per heavy atom. The summed E-state index contributed by atoms with van der Waals surface area (Å²) >= 11 is 3.67. The number of benzene rings is 7. The summed E-state index contributed by atoms with van der Waals surface area (Å²) in [4.78, 5) is 10.8. The van der Waals surface area contributed by atoms with Crippen LogP contribution in [-0.4, -0.2) is 14.5 Å². The van der Waals surface area contributed by atoms with Gasteiger partial charge in [0.2, 0.25) is 0 Å². The first kappa shape index (κ1) is 25.6. The van der Waals surface area contributed by atoms with Crippen molar-refractivity contribution in [1.29, 1.82) is 0 Å². The van der Waals surface area contributed by atoms with Gasteiger partial charge in [0.1, 0.15) is 0 Å². The average molecular weight is 634 g/mol. The molecule has 0 bridgehead atoms. The molecular weight excluding hydrogens is 611 g/mol. The van der Waals surface area contributed by atoms with Gasteiger partial charge in [-0.3, -0.25) is 4.57 Å². The first-order chi connectivity index (χ1) is 23.3. The molecule has 0 saturated heterocycles. The van der Waals surface area contributed by atoms with E-state index >= 15 is 0 Å². The molecule has 11 rings (SSSR count). The molecule has 0 aliphatic rings. The van der Waals surface area contributed by atoms with Crippen molar-refractivity contribution in [2.24, 2.45) is 0 Å². The summed E-state index contributed by atoms with van der Waals surface area (Å²) in [6.07, 6.45) is 0. The quantitative estimate of drug-likeness (QED) is 0.190. The third kappa shape index (κ3) is 3.50. The molecule has 0 aliphatic heterocycles. The predicted molar refractivity (Wildman–Crippen MR) is 203 cm³/mol. The van der Waals surface area contributed by atoms with E-state index in [1.54, 1.807) is 11.3 Å². The van der Waals surface area contributed by atoms with Crippen molar-refractivity contribution in [1.82, 2.24) is 14.5 Å². The lowest BCUT2D eigenvalue weighted by atomic mass is 10.00. The highest BCUT2D eigenvalue weighted by atomic mass is 32.1. The Morgan fingerprint density at radius 3 is 1.96 bits per heavy atom. The van der Waals surface area contributed by atoms with Gasteiger partial charge in [-0.05, 0) is 35.0 Å². The van der Waals surface area contributed by atoms with Gasteiger partial charge < -0.3 is 0 Å². The van der Waals surface area contributed by atoms with E-state index in [0.29, 0.717) is 0 Å². The van der Waals surface area contributed by atoms with Gasteiger partial charge in [-0.15, -0.1) is 22.7 Å². The van der Waals surface area contributed by atoms with Crippen LogP contribution in [0.1, 0.15) is 0 Å². The Labute approximate surface area is 276 Å². The summed E-state index contributed by atoms with van der Waals surface area (Å²) in [5.74, 6) is 1.66. The van der Waals surface area contributed by atoms with Crippen LogP contribution in [0.3, 0.4) is 0 Å². The van der Waals surface area contributed by atoms with Crippen LogP contribution >= 0.6 is 22.7 Å². The Balaban J connectivity index is 1.37. The lowest BCUT2D eigenvalue weighted by Crippen LogP contribution is -2.02. The summed E-state index contributed by atoms with van der Waals surface area (Å²) in [6.45, 7) is 0. The van der Waals surface area contributed by atoms with Crippen LogP contribution in [-0.2, 0) is 0 Å². The predicted octanol–water partition coefficient (Wildman–Crippen LogP) is 12.3. The van der Waals surface area contributed by atoms with Gasteiger partial charge in [0.25, 0.3) is 0 Å². The second-order valence-corrected chi connectivity index (χ2v) is 14.2. The number of para-hydroxylation sites is 1. The minimum atomic E-state index is 0.735. The molecule has 3 nitrogen and oxygen atoms in total. The second kappa shape index (κ2) is 9.46. The van der Waals surface area contributed by atoms with E-state index in [0.717, 1.165) is 38.3 Å². The Morgan fingerprint density at radius 1 is 0.468 bits per heavy atom. The highest BCUT2D eigenvalue weighted by Crippen LogP contribution is 2.49. The highest BCUT2D eigenvalue weighted by Gasteiger charge is 2.25. The fourth-order valence-electron chi connectivity index (χ4n) is 7.52. The van der Waals surface area contributed by atoms with Crippen LogP contribution in [0, 0.1) is 0 Å². The fourth-order valence-corrected chi connectivity index (χ4v) is 9.89. The van der Waals surface area contributed by atoms with Crippen molar-refractivity contribution in [3.8, 4) is 17.2 Å². The standard InChI is InChI=1S/C42H23N3S2/c1-2-12-25-23-26(22-21-24(25)11-1)41-43-37-31-17-7-10-20-34(31)47-40(37)42(44-41)45-32-18-8-5-15-29(32)35-36-30-16-6-9-19-33(30)46-39(36)28-14-4-3-13-27(28)38(35)45/h1-23H. The van der Waals surface area contributed by atoms with E-state index in [9.17, 15) is 0 Å². The number of thiophene rings is 2. The van der Waals surface area contributed by atoms with E-state index in [1.165, 1.54) is 62.7 Å². The van der Waals surface area contributed by atoms with Gasteiger partial charge in [-0.1, -0.05) is 115 Å². The Kier molecular flexibility index (Phi) is 5.14. The first-order valence-corrected chi connectivity index (χ1v) is 17.4. The molecule has 4 aromatic heterocycles. The number of rotatable bonds is 2. The van der Waals surface area contributed by atoms with Crippen LogP contribution in [0.2, 0.25) is 0 Å². The smallest absolute Gasteiger partial charge is 0.162 e. The van der Waals surface area contributed by atoms with Crippen LogP contribution in [0.4, 0.5) is 0 Å². The lowest BCUT2D eigenvalue weighted by molar-refractivity contribution is 1.08. The number of hydrogen-bond donors (Lipinski definition) is 0. The number of aromatic nitrogens is 3. The zero-order chi connectivity index (χ0) is 30.6. The van der Waals surface area contributed by atoms with E-state index in [-0.39, 0.29) is 0 Å². The fraction of sp³-hybridized carbons (Fsp3) is 0. The maximum absolute atomic E-state index is 5.52. The normalized spacial score (nSPS) is 12.3. The molecule has 0 spiro atoms. The molecule has 0 fully saturated rings. The first-order valence-electron chi connectivity index (χ1n) is 15.8. The number of nitrogens with zero attached hydrogens (tertiary/aromatic N) is 3. The van der Waals surface area contributed by atoms with Crippen molar-refractivity contribution in [3.05, 3.63) is 140 Å². The summed E-state index contributed by atoms with van der Waals surface area (Å²) < 4.78 is 7.39. The van der Waals surface area contributed by atoms with Crippen LogP contribution in [0.25, 0.3) is 101 Å². The molecular formula is C42H23N3S2. The van der Waals surface area contributed by atoms with E-state index in [2.05, 4.69) is 144 Å². The third-order valence-electron chi connectivity index (χ3n) is 9.57. The van der Waals surface area contributed by atoms with Crippen molar-refractivity contribution < 1.29 is 0 Å². The van der Waals surface area contributed by atoms with Crippen molar-refractivity contribution >= 4 is 106 Å². The molecule has 5 heteroatoms. The molecule has 218 valence electrons. The van der Waals surface area contributed by atoms with E-state index in [1.807, 2.05) is 11.3 Å². The number of hydrogen-bond acceptors (Lipinski definition) is 4. The van der Waals surface area contributed by atoms with Crippen molar-refractivity contribution in [2.45, 2.75) is 0 Å². The molecule has 0 radical (unpaired) electrons. The minimum Gasteiger partial charge on any atom is -0.292 e. The largest absolute Gasteiger partial charge is 0.292 e. The van der Waals surface area contributed by atoms with Gasteiger partial charge in [-0.2, -0.15) is 0 Å². The van der Waals surface area contributed by atoms with Crippen molar-refractivity contribution in [3.63, 3.8) is 0 Å². The summed E-state index contributed by atoms with van der Waals surface area (Å²) in [7, 11) is 0. The van der Waals surface area contributed by atoms with Gasteiger partial charge in [0, 0.05) is 57.4 Å². The Hall–Kier alpha value is -5.62. The summed E-state index contributed by atoms with van der Waals surface area (Å²) in [5, 5.41) is 11.2. The molecule has 11 aromatic rings. The maximum Gasteiger partial charge on any atom is 0.162 e. The molecule has 7 aromatic carbocycles. The molecule has 0 atom stereocenters. The topological polar surface area (TPSA) is 30.7 Å². The molecule has 4 heterocycles. The number of fused-ring (bicyclic) bond motifs is 14. The van der Waals surface area contributed by atoms with Gasteiger partial charge in [0.05, 0.1) is 21.3 Å². The molecule has 0 unspecified atom stereocenters. The van der Waals surface area contributed by atoms with Crippen molar-refractivity contribution in [2.75, 3.05) is 0 Å².